The van der Waals surface area contributed by atoms with Gasteiger partial charge in [0.25, 0.3) is 0 Å². The van der Waals surface area contributed by atoms with Crippen LogP contribution in [0.5, 0.6) is 0 Å². The maximum absolute atomic E-state index is 11.7. The zero-order valence-electron chi connectivity index (χ0n) is 9.78. The summed E-state index contributed by atoms with van der Waals surface area (Å²) in [6, 6.07) is 0. The second-order valence-electron chi connectivity index (χ2n) is 5.17. The first-order valence-corrected chi connectivity index (χ1v) is 5.28. The molecule has 4 heteroatoms. The molecular weight excluding hydrogens is 194 g/mol. The van der Waals surface area contributed by atoms with E-state index in [1.165, 1.54) is 0 Å². The second-order valence-corrected chi connectivity index (χ2v) is 5.17. The zero-order chi connectivity index (χ0) is 11.8. The molecule has 0 aromatic carbocycles. The van der Waals surface area contributed by atoms with Gasteiger partial charge in [0.2, 0.25) is 5.91 Å². The van der Waals surface area contributed by atoms with E-state index in [-0.39, 0.29) is 11.8 Å². The van der Waals surface area contributed by atoms with E-state index in [0.717, 1.165) is 0 Å². The molecule has 2 unspecified atom stereocenters. The van der Waals surface area contributed by atoms with Gasteiger partial charge in [0, 0.05) is 19.0 Å². The maximum atomic E-state index is 11.7. The van der Waals surface area contributed by atoms with Gasteiger partial charge in [-0.25, -0.2) is 0 Å². The summed E-state index contributed by atoms with van der Waals surface area (Å²) in [5, 5.41) is 8.98. The van der Waals surface area contributed by atoms with Crippen LogP contribution in [0.15, 0.2) is 0 Å². The summed E-state index contributed by atoms with van der Waals surface area (Å²) in [6.07, 6.45) is 0. The van der Waals surface area contributed by atoms with Crippen molar-refractivity contribution in [3.05, 3.63) is 0 Å². The number of carbonyl (C=O) groups is 2. The predicted octanol–water partition coefficient (Wildman–Crippen LogP) is 1.21. The molecule has 86 valence electrons. The third kappa shape index (κ3) is 2.30. The second kappa shape index (κ2) is 3.83. The van der Waals surface area contributed by atoms with Crippen molar-refractivity contribution in [3.8, 4) is 0 Å². The summed E-state index contributed by atoms with van der Waals surface area (Å²) in [5.41, 5.74) is -0.862. The van der Waals surface area contributed by atoms with Crippen molar-refractivity contribution in [2.45, 2.75) is 27.7 Å². The third-order valence-corrected chi connectivity index (χ3v) is 3.23. The molecule has 0 aromatic rings. The number of amides is 1. The SMILES string of the molecule is CC1CN(CC(C)(C)C(=O)O)C(=O)C1C. The van der Waals surface area contributed by atoms with E-state index < -0.39 is 11.4 Å². The molecule has 4 nitrogen and oxygen atoms in total. The highest BCUT2D eigenvalue weighted by atomic mass is 16.4. The van der Waals surface area contributed by atoms with Gasteiger partial charge in [0.1, 0.15) is 0 Å². The van der Waals surface area contributed by atoms with Crippen LogP contribution in [0.3, 0.4) is 0 Å². The van der Waals surface area contributed by atoms with E-state index in [2.05, 4.69) is 0 Å². The lowest BCUT2D eigenvalue weighted by Gasteiger charge is -2.26. The molecule has 2 atom stereocenters. The Morgan fingerprint density at radius 3 is 2.40 bits per heavy atom. The summed E-state index contributed by atoms with van der Waals surface area (Å²) in [5.74, 6) is -0.434. The van der Waals surface area contributed by atoms with Gasteiger partial charge >= 0.3 is 5.97 Å². The van der Waals surface area contributed by atoms with Crippen LogP contribution in [-0.2, 0) is 9.59 Å². The molecular formula is C11H19NO3. The topological polar surface area (TPSA) is 57.6 Å². The van der Waals surface area contributed by atoms with Gasteiger partial charge in [-0.1, -0.05) is 13.8 Å². The summed E-state index contributed by atoms with van der Waals surface area (Å²) in [7, 11) is 0. The lowest BCUT2D eigenvalue weighted by atomic mass is 9.93. The largest absolute Gasteiger partial charge is 0.481 e. The Labute approximate surface area is 90.3 Å². The molecule has 1 rings (SSSR count). The Kier molecular flexibility index (Phi) is 3.07. The normalized spacial score (nSPS) is 27.2. The molecule has 0 radical (unpaired) electrons. The molecule has 0 saturated carbocycles. The van der Waals surface area contributed by atoms with Crippen molar-refractivity contribution >= 4 is 11.9 Å². The highest BCUT2D eigenvalue weighted by molar-refractivity contribution is 5.82. The van der Waals surface area contributed by atoms with Crippen molar-refractivity contribution in [1.29, 1.82) is 0 Å². The fraction of sp³-hybridized carbons (Fsp3) is 0.818. The number of aliphatic carboxylic acids is 1. The van der Waals surface area contributed by atoms with Crippen LogP contribution in [0.2, 0.25) is 0 Å². The minimum Gasteiger partial charge on any atom is -0.481 e. The summed E-state index contributed by atoms with van der Waals surface area (Å²) in [6.45, 7) is 8.20. The average Bonchev–Trinajstić information content (AvgIpc) is 2.33. The number of rotatable bonds is 3. The van der Waals surface area contributed by atoms with Crippen molar-refractivity contribution in [1.82, 2.24) is 4.90 Å². The molecule has 0 aromatic heterocycles. The smallest absolute Gasteiger partial charge is 0.310 e. The molecule has 1 amide bonds. The number of likely N-dealkylation sites (tertiary alicyclic amines) is 1. The molecule has 1 saturated heterocycles. The van der Waals surface area contributed by atoms with Crippen LogP contribution in [0.4, 0.5) is 0 Å². The fourth-order valence-electron chi connectivity index (χ4n) is 1.81. The Balaban J connectivity index is 2.69. The average molecular weight is 213 g/mol. The van der Waals surface area contributed by atoms with Crippen LogP contribution >= 0.6 is 0 Å². The van der Waals surface area contributed by atoms with Gasteiger partial charge in [0.05, 0.1) is 5.41 Å². The Bertz CT molecular complexity index is 286. The monoisotopic (exact) mass is 213 g/mol. The van der Waals surface area contributed by atoms with Gasteiger partial charge in [0.15, 0.2) is 0 Å². The van der Waals surface area contributed by atoms with Crippen LogP contribution in [0.25, 0.3) is 0 Å². The van der Waals surface area contributed by atoms with Gasteiger partial charge in [-0.3, -0.25) is 9.59 Å². The van der Waals surface area contributed by atoms with Crippen LogP contribution in [0.1, 0.15) is 27.7 Å². The zero-order valence-corrected chi connectivity index (χ0v) is 9.78. The summed E-state index contributed by atoms with van der Waals surface area (Å²) in [4.78, 5) is 24.4. The van der Waals surface area contributed by atoms with Gasteiger partial charge < -0.3 is 10.0 Å². The standard InChI is InChI=1S/C11H19NO3/c1-7-5-12(9(13)8(7)2)6-11(3,4)10(14)15/h7-8H,5-6H2,1-4H3,(H,14,15). The lowest BCUT2D eigenvalue weighted by Crippen LogP contribution is -2.40. The summed E-state index contributed by atoms with van der Waals surface area (Å²) >= 11 is 0. The van der Waals surface area contributed by atoms with Crippen molar-refractivity contribution in [2.75, 3.05) is 13.1 Å². The maximum Gasteiger partial charge on any atom is 0.310 e. The Morgan fingerprint density at radius 1 is 1.53 bits per heavy atom. The van der Waals surface area contributed by atoms with E-state index >= 15 is 0 Å². The number of carboxylic acids is 1. The highest BCUT2D eigenvalue weighted by Gasteiger charge is 2.39. The molecule has 15 heavy (non-hydrogen) atoms. The number of hydrogen-bond donors (Lipinski definition) is 1. The molecule has 0 bridgehead atoms. The van der Waals surface area contributed by atoms with E-state index in [9.17, 15) is 9.59 Å². The number of hydrogen-bond acceptors (Lipinski definition) is 2. The van der Waals surface area contributed by atoms with Gasteiger partial charge in [-0.15, -0.1) is 0 Å². The quantitative estimate of drug-likeness (QED) is 0.766. The number of carboxylic acid groups (broad SMARTS) is 1. The molecule has 0 aliphatic carbocycles. The van der Waals surface area contributed by atoms with Gasteiger partial charge in [-0.05, 0) is 19.8 Å². The first kappa shape index (κ1) is 12.0. The molecule has 1 aliphatic rings. The minimum absolute atomic E-state index is 0.0228. The highest BCUT2D eigenvalue weighted by Crippen LogP contribution is 2.27. The summed E-state index contributed by atoms with van der Waals surface area (Å²) < 4.78 is 0. The van der Waals surface area contributed by atoms with Crippen molar-refractivity contribution < 1.29 is 14.7 Å². The molecule has 1 heterocycles. The van der Waals surface area contributed by atoms with Gasteiger partial charge in [-0.2, -0.15) is 0 Å². The Morgan fingerprint density at radius 2 is 2.07 bits per heavy atom. The first-order valence-electron chi connectivity index (χ1n) is 5.28. The minimum atomic E-state index is -0.862. The molecule has 1 aliphatic heterocycles. The number of nitrogens with zero attached hydrogens (tertiary/aromatic N) is 1. The molecule has 1 fully saturated rings. The first-order chi connectivity index (χ1) is 6.75. The van der Waals surface area contributed by atoms with Crippen LogP contribution < -0.4 is 0 Å². The lowest BCUT2D eigenvalue weighted by molar-refractivity contribution is -0.149. The van der Waals surface area contributed by atoms with Crippen molar-refractivity contribution in [2.24, 2.45) is 17.3 Å². The molecule has 0 spiro atoms. The van der Waals surface area contributed by atoms with E-state index in [0.29, 0.717) is 19.0 Å². The predicted molar refractivity (Wildman–Crippen MR) is 56.3 cm³/mol. The van der Waals surface area contributed by atoms with E-state index in [1.54, 1.807) is 18.7 Å². The van der Waals surface area contributed by atoms with Crippen LogP contribution in [-0.4, -0.2) is 35.0 Å². The van der Waals surface area contributed by atoms with Crippen molar-refractivity contribution in [3.63, 3.8) is 0 Å². The Hall–Kier alpha value is -1.06. The molecule has 1 N–H and O–H groups in total. The van der Waals surface area contributed by atoms with Crippen LogP contribution in [0, 0.1) is 17.3 Å². The fourth-order valence-corrected chi connectivity index (χ4v) is 1.81. The van der Waals surface area contributed by atoms with E-state index in [4.69, 9.17) is 5.11 Å². The third-order valence-electron chi connectivity index (χ3n) is 3.23. The van der Waals surface area contributed by atoms with E-state index in [1.807, 2.05) is 13.8 Å². The number of carbonyl (C=O) groups excluding carboxylic acids is 1.